The van der Waals surface area contributed by atoms with Gasteiger partial charge in [0.25, 0.3) is 0 Å². The van der Waals surface area contributed by atoms with Gasteiger partial charge in [-0.25, -0.2) is 0 Å². The zero-order valence-corrected chi connectivity index (χ0v) is 14.7. The minimum Gasteiger partial charge on any atom is -0.455 e. The topological polar surface area (TPSA) is 26.3 Å². The van der Waals surface area contributed by atoms with Crippen LogP contribution in [0.15, 0.2) is 21.0 Å². The van der Waals surface area contributed by atoms with E-state index >= 15 is 0 Å². The Balaban J connectivity index is 2.20. The molecule has 0 aliphatic carbocycles. The average molecular weight is 306 g/mol. The summed E-state index contributed by atoms with van der Waals surface area (Å²) in [6.45, 7) is 13.1. The average Bonchev–Trinajstić information content (AvgIpc) is 2.85. The summed E-state index contributed by atoms with van der Waals surface area (Å²) in [7, 11) is 2.35. The van der Waals surface area contributed by atoms with Crippen molar-refractivity contribution in [2.45, 2.75) is 52.4 Å². The fourth-order valence-electron chi connectivity index (χ4n) is 1.99. The zero-order valence-electron chi connectivity index (χ0n) is 12.9. The zero-order chi connectivity index (χ0) is 14.7. The Hall–Kier alpha value is -0.840. The van der Waals surface area contributed by atoms with E-state index in [2.05, 4.69) is 53.7 Å². The van der Waals surface area contributed by atoms with Crippen LogP contribution >= 0.6 is 16.4 Å². The van der Waals surface area contributed by atoms with E-state index in [-0.39, 0.29) is 10.8 Å². The SMILES string of the molecule is CC(C)(C)c1oc2cc3pc(C(C)(C)C)oc3cc2p1. The molecule has 1 aromatic carbocycles. The third-order valence-electron chi connectivity index (χ3n) is 3.18. The van der Waals surface area contributed by atoms with E-state index in [0.29, 0.717) is 0 Å². The van der Waals surface area contributed by atoms with Crippen molar-refractivity contribution in [3.8, 4) is 0 Å². The molecule has 3 rings (SSSR count). The van der Waals surface area contributed by atoms with Crippen LogP contribution in [0.4, 0.5) is 0 Å². The van der Waals surface area contributed by atoms with Crippen molar-refractivity contribution in [2.24, 2.45) is 0 Å². The molecular weight excluding hydrogens is 286 g/mol. The van der Waals surface area contributed by atoms with Gasteiger partial charge in [-0.1, -0.05) is 41.5 Å². The van der Waals surface area contributed by atoms with Crippen molar-refractivity contribution in [1.29, 1.82) is 0 Å². The first-order valence-corrected chi connectivity index (χ1v) is 8.65. The fraction of sp³-hybridized carbons (Fsp3) is 0.500. The van der Waals surface area contributed by atoms with Gasteiger partial charge in [0.05, 0.1) is 10.2 Å². The van der Waals surface area contributed by atoms with E-state index in [0.717, 1.165) is 22.2 Å². The Kier molecular flexibility index (Phi) is 3.05. The molecule has 0 aliphatic rings. The fourth-order valence-corrected chi connectivity index (χ4v) is 4.19. The summed E-state index contributed by atoms with van der Waals surface area (Å²) in [5, 5.41) is 2.44. The standard InChI is InChI=1S/C16H20O2P2/c1-15(2,3)13-17-9-7-12-10(8-11(9)19-13)18-14(20-12)16(4,5)6/h7-8H,1-6H3. The number of hydrogen-bond donors (Lipinski definition) is 0. The maximum atomic E-state index is 6.05. The van der Waals surface area contributed by atoms with Gasteiger partial charge in [0.15, 0.2) is 0 Å². The highest BCUT2D eigenvalue weighted by Gasteiger charge is 2.22. The maximum absolute atomic E-state index is 6.05. The summed E-state index contributed by atoms with van der Waals surface area (Å²) in [5.74, 6) is 0. The predicted octanol–water partition coefficient (Wildman–Crippen LogP) is 6.93. The summed E-state index contributed by atoms with van der Waals surface area (Å²) in [6.07, 6.45) is 0. The minimum absolute atomic E-state index is 0.0757. The van der Waals surface area contributed by atoms with Crippen molar-refractivity contribution < 1.29 is 8.83 Å². The Morgan fingerprint density at radius 1 is 0.700 bits per heavy atom. The molecule has 0 fully saturated rings. The van der Waals surface area contributed by atoms with Gasteiger partial charge in [-0.15, -0.1) is 0 Å². The molecule has 106 valence electrons. The molecule has 4 heteroatoms. The van der Waals surface area contributed by atoms with Crippen molar-refractivity contribution in [3.05, 3.63) is 23.1 Å². The lowest BCUT2D eigenvalue weighted by atomic mass is 9.99. The van der Waals surface area contributed by atoms with Gasteiger partial charge in [-0.3, -0.25) is 0 Å². The first kappa shape index (κ1) is 14.1. The summed E-state index contributed by atoms with van der Waals surface area (Å²) in [4.78, 5) is 0. The molecule has 0 saturated carbocycles. The van der Waals surface area contributed by atoms with Crippen molar-refractivity contribution in [2.75, 3.05) is 0 Å². The van der Waals surface area contributed by atoms with Gasteiger partial charge in [0.1, 0.15) is 22.2 Å². The molecule has 0 amide bonds. The number of rotatable bonds is 0. The van der Waals surface area contributed by atoms with Gasteiger partial charge in [-0.05, 0) is 28.5 Å². The van der Waals surface area contributed by atoms with E-state index in [1.165, 1.54) is 26.6 Å². The molecule has 0 bridgehead atoms. The van der Waals surface area contributed by atoms with Crippen LogP contribution in [0.1, 0.15) is 52.5 Å². The monoisotopic (exact) mass is 306 g/mol. The predicted molar refractivity (Wildman–Crippen MR) is 88.4 cm³/mol. The van der Waals surface area contributed by atoms with Crippen LogP contribution in [-0.2, 0) is 10.8 Å². The number of hydrogen-bond acceptors (Lipinski definition) is 2. The molecule has 2 heterocycles. The van der Waals surface area contributed by atoms with Gasteiger partial charge in [0.2, 0.25) is 0 Å². The Morgan fingerprint density at radius 3 is 1.35 bits per heavy atom. The Labute approximate surface area is 122 Å². The molecule has 0 unspecified atom stereocenters. The maximum Gasteiger partial charge on any atom is 0.140 e. The summed E-state index contributed by atoms with van der Waals surface area (Å²) in [5.41, 5.74) is 4.39. The molecule has 2 nitrogen and oxygen atoms in total. The van der Waals surface area contributed by atoms with Gasteiger partial charge in [0, 0.05) is 10.8 Å². The molecule has 0 N–H and O–H groups in total. The van der Waals surface area contributed by atoms with E-state index < -0.39 is 0 Å². The van der Waals surface area contributed by atoms with E-state index in [1.807, 2.05) is 0 Å². The van der Waals surface area contributed by atoms with Gasteiger partial charge in [-0.2, -0.15) is 0 Å². The second-order valence-electron chi connectivity index (χ2n) is 7.33. The van der Waals surface area contributed by atoms with Crippen LogP contribution < -0.4 is 0 Å². The molecule has 2 aromatic heterocycles. The molecule has 0 aliphatic heterocycles. The largest absolute Gasteiger partial charge is 0.455 e. The van der Waals surface area contributed by atoms with Crippen molar-refractivity contribution in [3.63, 3.8) is 0 Å². The molecule has 0 saturated heterocycles. The molecular formula is C16H20O2P2. The summed E-state index contributed by atoms with van der Waals surface area (Å²) >= 11 is 0. The lowest BCUT2D eigenvalue weighted by Gasteiger charge is -2.13. The van der Waals surface area contributed by atoms with Crippen LogP contribution in [0.3, 0.4) is 0 Å². The summed E-state index contributed by atoms with van der Waals surface area (Å²) < 4.78 is 12.1. The van der Waals surface area contributed by atoms with Crippen molar-refractivity contribution in [1.82, 2.24) is 0 Å². The Bertz CT molecular complexity index is 668. The number of fused-ring (bicyclic) bond motifs is 2. The summed E-state index contributed by atoms with van der Waals surface area (Å²) in [6, 6.07) is 4.30. The quantitative estimate of drug-likeness (QED) is 0.450. The lowest BCUT2D eigenvalue weighted by molar-refractivity contribution is 0.443. The lowest BCUT2D eigenvalue weighted by Crippen LogP contribution is -2.07. The van der Waals surface area contributed by atoms with E-state index in [9.17, 15) is 0 Å². The van der Waals surface area contributed by atoms with Crippen LogP contribution in [0.2, 0.25) is 0 Å². The minimum atomic E-state index is 0.0757. The second kappa shape index (κ2) is 4.33. The van der Waals surface area contributed by atoms with Crippen LogP contribution in [-0.4, -0.2) is 0 Å². The van der Waals surface area contributed by atoms with Gasteiger partial charge >= 0.3 is 0 Å². The highest BCUT2D eigenvalue weighted by atomic mass is 31.0. The smallest absolute Gasteiger partial charge is 0.140 e. The third kappa shape index (κ3) is 2.41. The highest BCUT2D eigenvalue weighted by molar-refractivity contribution is 7.38. The number of benzene rings is 1. The van der Waals surface area contributed by atoms with Gasteiger partial charge < -0.3 is 8.83 Å². The molecule has 0 spiro atoms. The van der Waals surface area contributed by atoms with Crippen LogP contribution in [0, 0.1) is 0 Å². The molecule has 0 atom stereocenters. The first-order valence-electron chi connectivity index (χ1n) is 6.87. The Morgan fingerprint density at radius 2 is 1.05 bits per heavy atom. The van der Waals surface area contributed by atoms with E-state index in [1.54, 1.807) is 0 Å². The van der Waals surface area contributed by atoms with Crippen molar-refractivity contribution >= 4 is 37.8 Å². The highest BCUT2D eigenvalue weighted by Crippen LogP contribution is 2.44. The molecule has 0 radical (unpaired) electrons. The van der Waals surface area contributed by atoms with E-state index in [4.69, 9.17) is 8.83 Å². The third-order valence-corrected chi connectivity index (χ3v) is 6.29. The molecule has 20 heavy (non-hydrogen) atoms. The molecule has 3 aromatic rings. The first-order chi connectivity index (χ1) is 9.14. The normalized spacial score (nSPS) is 14.3. The van der Waals surface area contributed by atoms with Crippen LogP contribution in [0.25, 0.3) is 21.4 Å². The van der Waals surface area contributed by atoms with Crippen LogP contribution in [0.5, 0.6) is 0 Å². The second-order valence-corrected chi connectivity index (χ2v) is 9.55.